The van der Waals surface area contributed by atoms with E-state index in [0.29, 0.717) is 5.69 Å². The maximum Gasteiger partial charge on any atom is 0.296 e. The predicted octanol–water partition coefficient (Wildman–Crippen LogP) is 2.77. The van der Waals surface area contributed by atoms with Gasteiger partial charge in [0.25, 0.3) is 20.2 Å². The van der Waals surface area contributed by atoms with Crippen molar-refractivity contribution in [2.45, 2.75) is 9.79 Å². The summed E-state index contributed by atoms with van der Waals surface area (Å²) in [5.41, 5.74) is 5.89. The van der Waals surface area contributed by atoms with Gasteiger partial charge in [-0.15, -0.1) is 5.11 Å². The molecular weight excluding hydrogens is 502 g/mol. The molecule has 0 saturated heterocycles. The summed E-state index contributed by atoms with van der Waals surface area (Å²) < 4.78 is 65.5. The number of fused-ring (bicyclic) bond motifs is 1. The summed E-state index contributed by atoms with van der Waals surface area (Å²) >= 11 is 0. The van der Waals surface area contributed by atoms with E-state index in [1.165, 1.54) is 18.5 Å². The van der Waals surface area contributed by atoms with E-state index in [-0.39, 0.29) is 28.1 Å². The van der Waals surface area contributed by atoms with Gasteiger partial charge in [-0.2, -0.15) is 26.9 Å². The van der Waals surface area contributed by atoms with Crippen molar-refractivity contribution < 1.29 is 31.0 Å². The minimum absolute atomic E-state index is 0.157. The van der Waals surface area contributed by atoms with Crippen LogP contribution in [0.5, 0.6) is 5.75 Å². The number of nitrogens with two attached hydrogens (primary N) is 1. The summed E-state index contributed by atoms with van der Waals surface area (Å²) in [7, 11) is -9.62. The van der Waals surface area contributed by atoms with E-state index in [2.05, 4.69) is 36.8 Å². The first kappa shape index (κ1) is 23.9. The fraction of sp³-hybridized carbons (Fsp3) is 0. The van der Waals surface area contributed by atoms with Gasteiger partial charge in [0.2, 0.25) is 12.3 Å². The average Bonchev–Trinajstić information content (AvgIpc) is 2.78. The molecule has 0 bridgehead atoms. The Labute approximate surface area is 197 Å². The van der Waals surface area contributed by atoms with E-state index in [9.17, 15) is 31.0 Å². The first-order valence-corrected chi connectivity index (χ1v) is 12.2. The van der Waals surface area contributed by atoms with E-state index >= 15 is 0 Å². The molecule has 1 heterocycles. The number of benzene rings is 3. The lowest BCUT2D eigenvalue weighted by molar-refractivity contribution is 0.471. The van der Waals surface area contributed by atoms with Crippen molar-refractivity contribution in [1.82, 2.24) is 15.0 Å². The molecule has 0 aliphatic heterocycles. The van der Waals surface area contributed by atoms with Gasteiger partial charge < -0.3 is 16.2 Å². The number of nitrogens with one attached hydrogen (secondary N) is 1. The highest BCUT2D eigenvalue weighted by Crippen LogP contribution is 2.43. The zero-order valence-electron chi connectivity index (χ0n) is 17.2. The Bertz CT molecular complexity index is 1680. The van der Waals surface area contributed by atoms with Crippen LogP contribution in [0.15, 0.2) is 68.8 Å². The van der Waals surface area contributed by atoms with Crippen LogP contribution in [-0.4, -0.2) is 46.0 Å². The number of phenolic OH excluding ortho intramolecular Hbond substituents is 1. The van der Waals surface area contributed by atoms with Crippen molar-refractivity contribution in [3.63, 3.8) is 0 Å². The lowest BCUT2D eigenvalue weighted by Gasteiger charge is -2.12. The Morgan fingerprint density at radius 2 is 1.69 bits per heavy atom. The molecule has 0 spiro atoms. The van der Waals surface area contributed by atoms with Crippen LogP contribution in [0.2, 0.25) is 0 Å². The van der Waals surface area contributed by atoms with Gasteiger partial charge >= 0.3 is 0 Å². The van der Waals surface area contributed by atoms with Gasteiger partial charge in [-0.05, 0) is 41.8 Å². The summed E-state index contributed by atoms with van der Waals surface area (Å²) in [4.78, 5) is 9.79. The third kappa shape index (κ3) is 5.14. The minimum atomic E-state index is -4.87. The molecule has 14 nitrogen and oxygen atoms in total. The molecule has 0 amide bonds. The van der Waals surface area contributed by atoms with Gasteiger partial charge in [-0.25, -0.2) is 9.97 Å². The molecule has 0 unspecified atom stereocenters. The van der Waals surface area contributed by atoms with Gasteiger partial charge in [0.05, 0.1) is 21.7 Å². The average molecular weight is 516 g/mol. The van der Waals surface area contributed by atoms with Crippen molar-refractivity contribution in [3.8, 4) is 5.75 Å². The second kappa shape index (κ2) is 8.84. The highest BCUT2D eigenvalue weighted by atomic mass is 32.2. The number of hydrogen-bond acceptors (Lipinski definition) is 12. The maximum atomic E-state index is 11.8. The third-order valence-corrected chi connectivity index (χ3v) is 6.31. The van der Waals surface area contributed by atoms with Crippen molar-refractivity contribution in [2.75, 3.05) is 11.1 Å². The van der Waals surface area contributed by atoms with Crippen LogP contribution in [0.25, 0.3) is 10.8 Å². The van der Waals surface area contributed by atoms with E-state index in [4.69, 9.17) is 5.73 Å². The number of rotatable bonds is 6. The number of aromatic nitrogens is 3. The van der Waals surface area contributed by atoms with Crippen molar-refractivity contribution in [1.29, 1.82) is 0 Å². The van der Waals surface area contributed by atoms with Crippen molar-refractivity contribution in [2.24, 2.45) is 10.2 Å². The molecule has 0 aliphatic rings. The van der Waals surface area contributed by atoms with E-state index in [1.807, 2.05) is 0 Å². The first-order valence-electron chi connectivity index (χ1n) is 9.31. The lowest BCUT2D eigenvalue weighted by atomic mass is 10.1. The number of anilines is 3. The second-order valence-corrected chi connectivity index (χ2v) is 9.72. The fourth-order valence-electron chi connectivity index (χ4n) is 3.05. The second-order valence-electron chi connectivity index (χ2n) is 6.91. The molecule has 3 aromatic carbocycles. The molecule has 1 aromatic heterocycles. The molecule has 35 heavy (non-hydrogen) atoms. The molecule has 16 heteroatoms. The van der Waals surface area contributed by atoms with Gasteiger partial charge in [0, 0.05) is 11.8 Å². The SMILES string of the molecule is Nc1c(S(=O)(=O)O)cc2cc(S(=O)(=O)O)cc(O)c2c1/N=N/c1ccc(Nc2n[c]ncn2)cc1. The number of phenols is 1. The van der Waals surface area contributed by atoms with Gasteiger partial charge in [-0.1, -0.05) is 0 Å². The zero-order chi connectivity index (χ0) is 25.4. The normalized spacial score (nSPS) is 12.3. The van der Waals surface area contributed by atoms with Crippen LogP contribution in [0, 0.1) is 6.33 Å². The van der Waals surface area contributed by atoms with Crippen LogP contribution in [0.4, 0.5) is 28.7 Å². The summed E-state index contributed by atoms with van der Waals surface area (Å²) in [6, 6.07) is 8.77. The van der Waals surface area contributed by atoms with Crippen LogP contribution in [0.1, 0.15) is 0 Å². The van der Waals surface area contributed by atoms with E-state index in [0.717, 1.165) is 18.2 Å². The first-order chi connectivity index (χ1) is 16.4. The largest absolute Gasteiger partial charge is 0.507 e. The molecule has 4 aromatic rings. The standard InChI is InChI=1S/C19H14N7O7S2/c20-17-15(35(31,32)33)6-10-5-13(34(28,29)30)7-14(27)16(10)18(17)26-25-12-3-1-11(2-4-12)24-19-22-8-21-9-23-19/h1-8,27H,20H2,(H,28,29,30)(H,31,32,33)(H,21,22,23,24)/b26-25+. The highest BCUT2D eigenvalue weighted by molar-refractivity contribution is 7.86. The quantitative estimate of drug-likeness (QED) is 0.141. The Morgan fingerprint density at radius 1 is 0.971 bits per heavy atom. The number of aromatic hydroxyl groups is 1. The Morgan fingerprint density at radius 3 is 2.29 bits per heavy atom. The third-order valence-electron chi connectivity index (χ3n) is 4.58. The molecule has 4 rings (SSSR count). The number of azo groups is 1. The molecule has 179 valence electrons. The zero-order valence-corrected chi connectivity index (χ0v) is 18.9. The lowest BCUT2D eigenvalue weighted by Crippen LogP contribution is -2.04. The molecule has 6 N–H and O–H groups in total. The summed E-state index contributed by atoms with van der Waals surface area (Å²) in [5.74, 6) is -0.415. The number of hydrogen-bond donors (Lipinski definition) is 5. The maximum absolute atomic E-state index is 11.8. The summed E-state index contributed by atoms with van der Waals surface area (Å²) in [6.07, 6.45) is 3.65. The van der Waals surface area contributed by atoms with Crippen molar-refractivity contribution in [3.05, 3.63) is 55.1 Å². The van der Waals surface area contributed by atoms with Crippen LogP contribution in [0.3, 0.4) is 0 Å². The summed E-state index contributed by atoms with van der Waals surface area (Å²) in [6.45, 7) is 0. The van der Waals surface area contributed by atoms with Gasteiger partial charge in [0.1, 0.15) is 22.7 Å². The number of nitrogens with zero attached hydrogens (tertiary/aromatic N) is 5. The van der Waals surface area contributed by atoms with E-state index < -0.39 is 41.5 Å². The topological polar surface area (TPSA) is 230 Å². The Hall–Kier alpha value is -4.25. The minimum Gasteiger partial charge on any atom is -0.507 e. The van der Waals surface area contributed by atoms with Crippen molar-refractivity contribution >= 4 is 59.7 Å². The fourth-order valence-corrected chi connectivity index (χ4v) is 4.24. The van der Waals surface area contributed by atoms with Gasteiger partial charge in [0.15, 0.2) is 0 Å². The summed E-state index contributed by atoms with van der Waals surface area (Å²) in [5, 5.41) is 20.9. The molecule has 0 atom stereocenters. The van der Waals surface area contributed by atoms with Crippen LogP contribution < -0.4 is 11.1 Å². The molecule has 0 aliphatic carbocycles. The van der Waals surface area contributed by atoms with Crippen LogP contribution >= 0.6 is 0 Å². The highest BCUT2D eigenvalue weighted by Gasteiger charge is 2.23. The van der Waals surface area contributed by atoms with Crippen LogP contribution in [-0.2, 0) is 20.2 Å². The molecular formula is C19H14N7O7S2. The molecule has 0 saturated carbocycles. The van der Waals surface area contributed by atoms with Gasteiger partial charge in [-0.3, -0.25) is 9.11 Å². The Balaban J connectivity index is 1.79. The smallest absolute Gasteiger partial charge is 0.296 e. The predicted molar refractivity (Wildman–Crippen MR) is 122 cm³/mol. The number of nitrogen functional groups attached to an aromatic ring is 1. The Kier molecular flexibility index (Phi) is 6.03. The molecule has 1 radical (unpaired) electrons. The molecule has 0 fully saturated rings. The van der Waals surface area contributed by atoms with E-state index in [1.54, 1.807) is 12.1 Å². The monoisotopic (exact) mass is 516 g/mol.